The van der Waals surface area contributed by atoms with Crippen molar-refractivity contribution in [3.63, 3.8) is 0 Å². The molecular formula is C27H30F2N2O6. The second-order valence-electron chi connectivity index (χ2n) is 10.5. The van der Waals surface area contributed by atoms with Gasteiger partial charge in [-0.25, -0.2) is 18.4 Å². The Morgan fingerprint density at radius 2 is 1.92 bits per heavy atom. The number of β-amino-alcohol motifs (C(OH)–C–C–N with tert-alkyl or cyclic N) is 1. The Hall–Kier alpha value is -3.45. The Labute approximate surface area is 212 Å². The number of rotatable bonds is 4. The molecule has 0 bridgehead atoms. The molecule has 198 valence electrons. The van der Waals surface area contributed by atoms with Gasteiger partial charge in [0, 0.05) is 24.2 Å². The summed E-state index contributed by atoms with van der Waals surface area (Å²) in [6.45, 7) is 6.95. The number of carbonyl (C=O) groups excluding carboxylic acids is 1. The molecule has 1 saturated heterocycles. The van der Waals surface area contributed by atoms with Gasteiger partial charge >= 0.3 is 12.1 Å². The van der Waals surface area contributed by atoms with Crippen molar-refractivity contribution in [2.24, 2.45) is 0 Å². The molecule has 0 spiro atoms. The lowest BCUT2D eigenvalue weighted by molar-refractivity contribution is 0.0211. The molecule has 1 aromatic heterocycles. The maximum atomic E-state index is 15.1. The maximum Gasteiger partial charge on any atom is 0.410 e. The minimum Gasteiger partial charge on any atom is -0.477 e. The molecule has 2 atom stereocenters. The Bertz CT molecular complexity index is 1390. The lowest BCUT2D eigenvalue weighted by Crippen LogP contribution is -2.40. The van der Waals surface area contributed by atoms with E-state index < -0.39 is 52.4 Å². The van der Waals surface area contributed by atoms with Crippen LogP contribution >= 0.6 is 0 Å². The van der Waals surface area contributed by atoms with Gasteiger partial charge in [-0.3, -0.25) is 4.79 Å². The van der Waals surface area contributed by atoms with E-state index in [-0.39, 0.29) is 54.0 Å². The van der Waals surface area contributed by atoms with Gasteiger partial charge in [-0.1, -0.05) is 18.8 Å². The Balaban J connectivity index is 1.81. The summed E-state index contributed by atoms with van der Waals surface area (Å²) in [5.74, 6) is 1.52. The molecule has 10 heteroatoms. The number of benzene rings is 1. The molecule has 1 aliphatic heterocycles. The standard InChI is InChI=1S/C27H30F2N2O6/c1-5-20-21(25(34)35)24(33)18-12-19(28)22(29)17(23(18)31(20)14-9-10-14)8-6-7-15-11-16(32)13-30(15)26(36)37-27(2,3)4/h12,14-16,32H,5,7,9-11,13H2,1-4H3,(H,34,35)/t15-,16+/m1/s1. The van der Waals surface area contributed by atoms with Crippen LogP contribution in [0.15, 0.2) is 10.9 Å². The van der Waals surface area contributed by atoms with E-state index in [1.54, 1.807) is 32.3 Å². The van der Waals surface area contributed by atoms with Crippen molar-refractivity contribution in [3.05, 3.63) is 44.7 Å². The topological polar surface area (TPSA) is 109 Å². The third kappa shape index (κ3) is 5.18. The monoisotopic (exact) mass is 516 g/mol. The second kappa shape index (κ2) is 9.78. The molecule has 0 unspecified atom stereocenters. The highest BCUT2D eigenvalue weighted by molar-refractivity contribution is 5.96. The zero-order valence-corrected chi connectivity index (χ0v) is 21.2. The normalized spacial score (nSPS) is 19.6. The quantitative estimate of drug-likeness (QED) is 0.595. The SMILES string of the molecule is CCc1c(C(=O)O)c(=O)c2cc(F)c(F)c(C#CC[C@@H]3C[C@H](O)CN3C(=O)OC(C)(C)C)c2n1C1CC1. The number of aliphatic hydroxyl groups excluding tert-OH is 1. The highest BCUT2D eigenvalue weighted by Crippen LogP contribution is 2.40. The number of carboxylic acids is 1. The molecule has 1 saturated carbocycles. The molecule has 1 aromatic carbocycles. The number of aliphatic hydroxyl groups is 1. The van der Waals surface area contributed by atoms with E-state index in [0.29, 0.717) is 12.8 Å². The van der Waals surface area contributed by atoms with Gasteiger partial charge in [-0.15, -0.1) is 0 Å². The number of nitrogens with zero attached hydrogens (tertiary/aromatic N) is 2. The van der Waals surface area contributed by atoms with Gasteiger partial charge in [0.2, 0.25) is 5.43 Å². The second-order valence-corrected chi connectivity index (χ2v) is 10.5. The summed E-state index contributed by atoms with van der Waals surface area (Å²) in [6, 6.07) is 0.0884. The molecule has 4 rings (SSSR count). The average Bonchev–Trinajstić information content (AvgIpc) is 3.56. The third-order valence-corrected chi connectivity index (χ3v) is 6.52. The van der Waals surface area contributed by atoms with Crippen molar-refractivity contribution in [1.82, 2.24) is 9.47 Å². The first-order valence-electron chi connectivity index (χ1n) is 12.3. The predicted octanol–water partition coefficient (Wildman–Crippen LogP) is 3.99. The molecular weight excluding hydrogens is 486 g/mol. The Morgan fingerprint density at radius 3 is 2.49 bits per heavy atom. The van der Waals surface area contributed by atoms with Gasteiger partial charge < -0.3 is 24.4 Å². The van der Waals surface area contributed by atoms with Crippen molar-refractivity contribution in [2.45, 2.75) is 83.6 Å². The largest absolute Gasteiger partial charge is 0.477 e. The highest BCUT2D eigenvalue weighted by Gasteiger charge is 2.36. The predicted molar refractivity (Wildman–Crippen MR) is 132 cm³/mol. The van der Waals surface area contributed by atoms with Crippen LogP contribution in [0.1, 0.15) is 81.0 Å². The van der Waals surface area contributed by atoms with Crippen LogP contribution in [-0.2, 0) is 11.2 Å². The lowest BCUT2D eigenvalue weighted by Gasteiger charge is -2.27. The number of carbonyl (C=O) groups is 2. The van der Waals surface area contributed by atoms with Crippen LogP contribution in [0.5, 0.6) is 0 Å². The van der Waals surface area contributed by atoms with Gasteiger partial charge in [0.15, 0.2) is 11.6 Å². The van der Waals surface area contributed by atoms with Crippen molar-refractivity contribution >= 4 is 23.0 Å². The van der Waals surface area contributed by atoms with E-state index in [4.69, 9.17) is 4.74 Å². The molecule has 2 N–H and O–H groups in total. The number of halogens is 2. The Kier molecular flexibility index (Phi) is 7.04. The average molecular weight is 517 g/mol. The third-order valence-electron chi connectivity index (χ3n) is 6.52. The first-order valence-corrected chi connectivity index (χ1v) is 12.3. The fourth-order valence-corrected chi connectivity index (χ4v) is 4.87. The van der Waals surface area contributed by atoms with Crippen LogP contribution < -0.4 is 5.43 Å². The number of ether oxygens (including phenoxy) is 1. The van der Waals surface area contributed by atoms with E-state index in [9.17, 15) is 29.0 Å². The summed E-state index contributed by atoms with van der Waals surface area (Å²) < 4.78 is 36.8. The molecule has 2 heterocycles. The molecule has 2 fully saturated rings. The summed E-state index contributed by atoms with van der Waals surface area (Å²) in [4.78, 5) is 39.0. The summed E-state index contributed by atoms with van der Waals surface area (Å²) >= 11 is 0. The van der Waals surface area contributed by atoms with Crippen LogP contribution in [0, 0.1) is 23.5 Å². The highest BCUT2D eigenvalue weighted by atomic mass is 19.2. The van der Waals surface area contributed by atoms with E-state index in [2.05, 4.69) is 11.8 Å². The fraction of sp³-hybridized carbons (Fsp3) is 0.519. The molecule has 8 nitrogen and oxygen atoms in total. The van der Waals surface area contributed by atoms with Crippen LogP contribution in [0.4, 0.5) is 13.6 Å². The number of amides is 1. The molecule has 0 radical (unpaired) electrons. The molecule has 2 aliphatic rings. The number of fused-ring (bicyclic) bond motifs is 1. The lowest BCUT2D eigenvalue weighted by atomic mass is 10.0. The van der Waals surface area contributed by atoms with E-state index in [0.717, 1.165) is 6.07 Å². The van der Waals surface area contributed by atoms with Crippen LogP contribution in [-0.4, -0.2) is 56.0 Å². The number of hydrogen-bond acceptors (Lipinski definition) is 5. The summed E-state index contributed by atoms with van der Waals surface area (Å²) in [5, 5.41) is 19.6. The number of likely N-dealkylation sites (tertiary alicyclic amines) is 1. The number of aromatic carboxylic acids is 1. The number of carboxylic acid groups (broad SMARTS) is 1. The number of hydrogen-bond donors (Lipinski definition) is 2. The first-order chi connectivity index (χ1) is 17.3. The van der Waals surface area contributed by atoms with Gasteiger partial charge in [0.25, 0.3) is 0 Å². The zero-order chi connectivity index (χ0) is 27.2. The molecule has 1 aliphatic carbocycles. The van der Waals surface area contributed by atoms with Crippen molar-refractivity contribution in [1.29, 1.82) is 0 Å². The fourth-order valence-electron chi connectivity index (χ4n) is 4.87. The van der Waals surface area contributed by atoms with E-state index >= 15 is 4.39 Å². The molecule has 1 amide bonds. The summed E-state index contributed by atoms with van der Waals surface area (Å²) in [5.41, 5.74) is -2.06. The van der Waals surface area contributed by atoms with Crippen LogP contribution in [0.3, 0.4) is 0 Å². The van der Waals surface area contributed by atoms with Crippen LogP contribution in [0.2, 0.25) is 0 Å². The maximum absolute atomic E-state index is 15.1. The van der Waals surface area contributed by atoms with Crippen molar-refractivity contribution < 1.29 is 33.3 Å². The van der Waals surface area contributed by atoms with Gasteiger partial charge in [-0.2, -0.15) is 0 Å². The smallest absolute Gasteiger partial charge is 0.410 e. The Morgan fingerprint density at radius 1 is 1.24 bits per heavy atom. The van der Waals surface area contributed by atoms with Gasteiger partial charge in [0.05, 0.1) is 29.1 Å². The van der Waals surface area contributed by atoms with Crippen molar-refractivity contribution in [3.8, 4) is 11.8 Å². The van der Waals surface area contributed by atoms with Gasteiger partial charge in [0.1, 0.15) is 11.2 Å². The number of pyridine rings is 1. The zero-order valence-electron chi connectivity index (χ0n) is 21.2. The van der Waals surface area contributed by atoms with E-state index in [1.807, 2.05) is 0 Å². The molecule has 37 heavy (non-hydrogen) atoms. The minimum absolute atomic E-state index is 0.0508. The summed E-state index contributed by atoms with van der Waals surface area (Å²) in [6.07, 6.45) is 0.549. The minimum atomic E-state index is -1.42. The first kappa shape index (κ1) is 26.6. The van der Waals surface area contributed by atoms with E-state index in [1.165, 1.54) is 4.90 Å². The van der Waals surface area contributed by atoms with Crippen molar-refractivity contribution in [2.75, 3.05) is 6.54 Å². The van der Waals surface area contributed by atoms with Gasteiger partial charge in [-0.05, 0) is 52.5 Å². The number of aromatic nitrogens is 1. The summed E-state index contributed by atoms with van der Waals surface area (Å²) in [7, 11) is 0. The molecule has 2 aromatic rings. The van der Waals surface area contributed by atoms with Crippen LogP contribution in [0.25, 0.3) is 10.9 Å².